The van der Waals surface area contributed by atoms with Crippen LogP contribution in [0.1, 0.15) is 65.7 Å². The number of aliphatic carboxylic acids is 1. The second kappa shape index (κ2) is 3.81. The Morgan fingerprint density at radius 2 is 1.78 bits per heavy atom. The zero-order valence-electron chi connectivity index (χ0n) is 14.6. The van der Waals surface area contributed by atoms with Gasteiger partial charge in [0.15, 0.2) is 0 Å². The number of hydrogen-bond donors (Lipinski definition) is 2. The highest BCUT2D eigenvalue weighted by Crippen LogP contribution is 2.85. The zero-order valence-corrected chi connectivity index (χ0v) is 14.6. The predicted molar refractivity (Wildman–Crippen MR) is 86.7 cm³/mol. The van der Waals surface area contributed by atoms with Crippen molar-refractivity contribution in [3.8, 4) is 0 Å². The SMILES string of the molecule is CC1(C)[C@H](O)CC[C@]2(C)[C@@H]1CC[C@@]13C[C@@H]4[C@@H](C[C@H]12)[C@]4(C(=O)O)C3. The quantitative estimate of drug-likeness (QED) is 0.775. The molecule has 128 valence electrons. The van der Waals surface area contributed by atoms with Crippen LogP contribution in [0.2, 0.25) is 0 Å². The molecule has 0 unspecified atom stereocenters. The lowest BCUT2D eigenvalue weighted by atomic mass is 9.39. The average Bonchev–Trinajstić information content (AvgIpc) is 2.99. The van der Waals surface area contributed by atoms with Crippen molar-refractivity contribution in [2.45, 2.75) is 71.8 Å². The molecule has 0 aromatic carbocycles. The molecule has 0 heterocycles. The first-order chi connectivity index (χ1) is 10.7. The molecule has 0 aliphatic heterocycles. The van der Waals surface area contributed by atoms with Gasteiger partial charge >= 0.3 is 5.97 Å². The lowest BCUT2D eigenvalue weighted by Crippen LogP contribution is -2.60. The maximum atomic E-state index is 11.9. The highest BCUT2D eigenvalue weighted by atomic mass is 16.4. The number of hydrogen-bond acceptors (Lipinski definition) is 2. The Balaban J connectivity index is 1.54. The van der Waals surface area contributed by atoms with Crippen molar-refractivity contribution in [2.24, 2.45) is 45.3 Å². The second-order valence-corrected chi connectivity index (χ2v) is 10.6. The summed E-state index contributed by atoms with van der Waals surface area (Å²) in [5.41, 5.74) is 0.284. The van der Waals surface area contributed by atoms with Gasteiger partial charge in [-0.2, -0.15) is 0 Å². The molecule has 0 aromatic heterocycles. The number of aliphatic hydroxyl groups is 1. The van der Waals surface area contributed by atoms with E-state index in [1.165, 1.54) is 19.3 Å². The summed E-state index contributed by atoms with van der Waals surface area (Å²) in [6, 6.07) is 0. The molecule has 4 bridgehead atoms. The summed E-state index contributed by atoms with van der Waals surface area (Å²) in [7, 11) is 0. The predicted octanol–water partition coefficient (Wildman–Crippen LogP) is 3.70. The van der Waals surface area contributed by atoms with E-state index < -0.39 is 5.97 Å². The van der Waals surface area contributed by atoms with E-state index in [0.29, 0.717) is 34.5 Å². The first-order valence-electron chi connectivity index (χ1n) is 9.60. The summed E-state index contributed by atoms with van der Waals surface area (Å²) in [4.78, 5) is 11.9. The maximum absolute atomic E-state index is 11.9. The molecule has 6 aliphatic rings. The Morgan fingerprint density at radius 3 is 2.43 bits per heavy atom. The van der Waals surface area contributed by atoms with Gasteiger partial charge < -0.3 is 10.2 Å². The lowest BCUT2D eigenvalue weighted by molar-refractivity contribution is -0.193. The van der Waals surface area contributed by atoms with E-state index in [-0.39, 0.29) is 16.9 Å². The second-order valence-electron chi connectivity index (χ2n) is 10.6. The number of carboxylic acids is 1. The van der Waals surface area contributed by atoms with Crippen LogP contribution in [0.25, 0.3) is 0 Å². The summed E-state index contributed by atoms with van der Waals surface area (Å²) in [6.45, 7) is 7.02. The Kier molecular flexibility index (Phi) is 2.45. The number of rotatable bonds is 1. The average molecular weight is 318 g/mol. The van der Waals surface area contributed by atoms with Gasteiger partial charge in [0, 0.05) is 0 Å². The minimum atomic E-state index is -0.505. The number of aliphatic hydroxyl groups excluding tert-OH is 1. The van der Waals surface area contributed by atoms with E-state index >= 15 is 0 Å². The summed E-state index contributed by atoms with van der Waals surface area (Å²) in [6.07, 6.45) is 7.55. The fourth-order valence-corrected chi connectivity index (χ4v) is 8.78. The molecule has 3 nitrogen and oxygen atoms in total. The molecule has 6 saturated carbocycles. The van der Waals surface area contributed by atoms with Gasteiger partial charge in [-0.05, 0) is 84.9 Å². The monoisotopic (exact) mass is 318 g/mol. The van der Waals surface area contributed by atoms with E-state index in [2.05, 4.69) is 20.8 Å². The van der Waals surface area contributed by atoms with E-state index in [0.717, 1.165) is 25.7 Å². The molecule has 8 atom stereocenters. The van der Waals surface area contributed by atoms with Crippen molar-refractivity contribution in [1.29, 1.82) is 0 Å². The first kappa shape index (κ1) is 14.7. The van der Waals surface area contributed by atoms with Gasteiger partial charge in [0.2, 0.25) is 0 Å². The normalized spacial score (nSPS) is 61.5. The summed E-state index contributed by atoms with van der Waals surface area (Å²) >= 11 is 0. The minimum Gasteiger partial charge on any atom is -0.481 e. The summed E-state index contributed by atoms with van der Waals surface area (Å²) in [5.74, 6) is 1.71. The third-order valence-electron chi connectivity index (χ3n) is 9.83. The van der Waals surface area contributed by atoms with E-state index in [4.69, 9.17) is 0 Å². The van der Waals surface area contributed by atoms with Crippen LogP contribution >= 0.6 is 0 Å². The van der Waals surface area contributed by atoms with Gasteiger partial charge in [0.1, 0.15) is 0 Å². The van der Waals surface area contributed by atoms with Crippen LogP contribution in [0, 0.1) is 45.3 Å². The van der Waals surface area contributed by atoms with Crippen molar-refractivity contribution in [2.75, 3.05) is 0 Å². The molecule has 1 spiro atoms. The Labute approximate surface area is 138 Å². The first-order valence-corrected chi connectivity index (χ1v) is 9.60. The number of carbonyl (C=O) groups is 1. The fraction of sp³-hybridized carbons (Fsp3) is 0.950. The Bertz CT molecular complexity index is 598. The van der Waals surface area contributed by atoms with Crippen molar-refractivity contribution in [3.63, 3.8) is 0 Å². The van der Waals surface area contributed by atoms with Gasteiger partial charge in [-0.25, -0.2) is 0 Å². The molecule has 6 aliphatic carbocycles. The van der Waals surface area contributed by atoms with Crippen molar-refractivity contribution in [3.05, 3.63) is 0 Å². The minimum absolute atomic E-state index is 0.00262. The zero-order chi connectivity index (χ0) is 16.4. The number of fused-ring (bicyclic) bond motifs is 1. The van der Waals surface area contributed by atoms with E-state index in [1.54, 1.807) is 0 Å². The maximum Gasteiger partial charge on any atom is 0.310 e. The third kappa shape index (κ3) is 1.38. The lowest BCUT2D eigenvalue weighted by Gasteiger charge is -2.66. The van der Waals surface area contributed by atoms with Gasteiger partial charge in [-0.15, -0.1) is 0 Å². The van der Waals surface area contributed by atoms with Crippen molar-refractivity contribution >= 4 is 5.97 Å². The molecule has 23 heavy (non-hydrogen) atoms. The molecule has 0 saturated heterocycles. The van der Waals surface area contributed by atoms with Crippen LogP contribution in [0.3, 0.4) is 0 Å². The smallest absolute Gasteiger partial charge is 0.310 e. The van der Waals surface area contributed by atoms with Crippen LogP contribution in [0.15, 0.2) is 0 Å². The van der Waals surface area contributed by atoms with Crippen LogP contribution in [0.5, 0.6) is 0 Å². The van der Waals surface area contributed by atoms with E-state index in [1.807, 2.05) is 0 Å². The van der Waals surface area contributed by atoms with Gasteiger partial charge in [0.25, 0.3) is 0 Å². The van der Waals surface area contributed by atoms with Crippen molar-refractivity contribution < 1.29 is 15.0 Å². The standard InChI is InChI=1S/C20H30O3/c1-17(2)13-4-7-19-9-12-11(20(12,10-19)16(22)23)8-14(19)18(13,3)6-5-15(17)21/h11-15,21H,4-10H2,1-3H3,(H,22,23)/t11-,12-,13-,14+,15-,18-,19+,20-/m1/s1. The summed E-state index contributed by atoms with van der Waals surface area (Å²) in [5, 5.41) is 20.4. The highest BCUT2D eigenvalue weighted by Gasteiger charge is 2.83. The Hall–Kier alpha value is -0.570. The molecular formula is C20H30O3. The molecule has 0 aromatic rings. The summed E-state index contributed by atoms with van der Waals surface area (Å²) < 4.78 is 0. The Morgan fingerprint density at radius 1 is 1.04 bits per heavy atom. The molecule has 0 amide bonds. The molecule has 3 heteroatoms. The highest BCUT2D eigenvalue weighted by molar-refractivity contribution is 5.81. The fourth-order valence-electron chi connectivity index (χ4n) is 8.78. The van der Waals surface area contributed by atoms with Gasteiger partial charge in [0.05, 0.1) is 11.5 Å². The van der Waals surface area contributed by atoms with E-state index in [9.17, 15) is 15.0 Å². The molecule has 2 N–H and O–H groups in total. The van der Waals surface area contributed by atoms with Gasteiger partial charge in [-0.1, -0.05) is 20.8 Å². The number of carboxylic acid groups (broad SMARTS) is 1. The third-order valence-corrected chi connectivity index (χ3v) is 9.83. The van der Waals surface area contributed by atoms with Gasteiger partial charge in [-0.3, -0.25) is 4.79 Å². The van der Waals surface area contributed by atoms with Crippen LogP contribution in [-0.4, -0.2) is 22.3 Å². The molecule has 0 radical (unpaired) electrons. The topological polar surface area (TPSA) is 57.5 Å². The molecule has 6 fully saturated rings. The van der Waals surface area contributed by atoms with Crippen molar-refractivity contribution in [1.82, 2.24) is 0 Å². The van der Waals surface area contributed by atoms with Crippen LogP contribution in [-0.2, 0) is 4.79 Å². The van der Waals surface area contributed by atoms with Crippen LogP contribution in [0.4, 0.5) is 0 Å². The molecular weight excluding hydrogens is 288 g/mol. The largest absolute Gasteiger partial charge is 0.481 e. The van der Waals surface area contributed by atoms with Crippen LogP contribution < -0.4 is 0 Å². The molecule has 6 rings (SSSR count).